The first-order valence-electron chi connectivity index (χ1n) is 6.68. The van der Waals surface area contributed by atoms with Crippen molar-refractivity contribution in [2.45, 2.75) is 51.9 Å². The van der Waals surface area contributed by atoms with Crippen molar-refractivity contribution in [3.05, 3.63) is 29.3 Å². The summed E-state index contributed by atoms with van der Waals surface area (Å²) in [4.78, 5) is 0. The zero-order valence-corrected chi connectivity index (χ0v) is 12.2. The van der Waals surface area contributed by atoms with Gasteiger partial charge in [0.05, 0.1) is 9.47 Å². The van der Waals surface area contributed by atoms with E-state index >= 15 is 0 Å². The van der Waals surface area contributed by atoms with Crippen molar-refractivity contribution < 1.29 is 4.52 Å². The zero-order chi connectivity index (χ0) is 12.4. The maximum atomic E-state index is 5.62. The Kier molecular flexibility index (Phi) is 4.09. The molecule has 0 radical (unpaired) electrons. The third kappa shape index (κ3) is 2.65. The van der Waals surface area contributed by atoms with Gasteiger partial charge in [0.15, 0.2) is 0 Å². The summed E-state index contributed by atoms with van der Waals surface area (Å²) in [6.07, 6.45) is 3.92. The van der Waals surface area contributed by atoms with Gasteiger partial charge >= 0.3 is 0 Å². The topological polar surface area (TPSA) is 9.23 Å². The molecule has 1 nitrogen and oxygen atoms in total. The quantitative estimate of drug-likeness (QED) is 0.676. The summed E-state index contributed by atoms with van der Waals surface area (Å²) in [5, 5.41) is 0. The van der Waals surface area contributed by atoms with Gasteiger partial charge in [-0.25, -0.2) is 0 Å². The molecule has 0 saturated heterocycles. The number of hydrogen-bond acceptors (Lipinski definition) is 1. The van der Waals surface area contributed by atoms with Crippen molar-refractivity contribution in [2.75, 3.05) is 0 Å². The van der Waals surface area contributed by atoms with Gasteiger partial charge in [0.25, 0.3) is 0 Å². The summed E-state index contributed by atoms with van der Waals surface area (Å²) in [5.74, 6) is 3.18. The molecule has 0 amide bonds. The van der Waals surface area contributed by atoms with Crippen LogP contribution in [0.2, 0.25) is 0 Å². The molecule has 0 aromatic heterocycles. The Hall–Kier alpha value is -0.550. The van der Waals surface area contributed by atoms with Crippen molar-refractivity contribution in [3.63, 3.8) is 0 Å². The van der Waals surface area contributed by atoms with Crippen LogP contribution in [0.15, 0.2) is 18.2 Å². The molecule has 1 aliphatic rings. The highest BCUT2D eigenvalue weighted by molar-refractivity contribution is 7.10. The van der Waals surface area contributed by atoms with E-state index in [2.05, 4.69) is 48.4 Å². The van der Waals surface area contributed by atoms with E-state index in [1.165, 1.54) is 24.0 Å². The van der Waals surface area contributed by atoms with E-state index in [4.69, 9.17) is 4.52 Å². The molecule has 0 N–H and O–H groups in total. The van der Waals surface area contributed by atoms with Crippen molar-refractivity contribution in [1.82, 2.24) is 0 Å². The van der Waals surface area contributed by atoms with Gasteiger partial charge < -0.3 is 4.52 Å². The number of para-hydroxylation sites is 1. The van der Waals surface area contributed by atoms with Gasteiger partial charge in [-0.2, -0.15) is 0 Å². The van der Waals surface area contributed by atoms with E-state index in [9.17, 15) is 0 Å². The Morgan fingerprint density at radius 2 is 1.94 bits per heavy atom. The fourth-order valence-corrected chi connectivity index (χ4v) is 2.80. The number of hydrogen-bond donors (Lipinski definition) is 0. The fraction of sp³-hybridized carbons (Fsp3) is 0.600. The Morgan fingerprint density at radius 1 is 1.29 bits per heavy atom. The highest BCUT2D eigenvalue weighted by Crippen LogP contribution is 2.46. The van der Waals surface area contributed by atoms with E-state index in [0.717, 1.165) is 18.1 Å². The first kappa shape index (κ1) is 12.9. The van der Waals surface area contributed by atoms with Crippen LogP contribution in [-0.2, 0) is 0 Å². The molecule has 0 heterocycles. The second kappa shape index (κ2) is 5.40. The summed E-state index contributed by atoms with van der Waals surface area (Å²) in [6, 6.07) is 6.62. The summed E-state index contributed by atoms with van der Waals surface area (Å²) < 4.78 is 5.62. The van der Waals surface area contributed by atoms with Gasteiger partial charge in [-0.15, -0.1) is 0 Å². The molecule has 1 aliphatic carbocycles. The summed E-state index contributed by atoms with van der Waals surface area (Å²) in [6.45, 7) is 6.84. The predicted octanol–water partition coefficient (Wildman–Crippen LogP) is 4.88. The summed E-state index contributed by atoms with van der Waals surface area (Å²) in [7, 11) is 2.43. The number of benzene rings is 1. The molecule has 2 heteroatoms. The monoisotopic (exact) mass is 250 g/mol. The minimum absolute atomic E-state index is 0.567. The first-order valence-corrected chi connectivity index (χ1v) is 7.15. The van der Waals surface area contributed by atoms with Crippen LogP contribution in [0.5, 0.6) is 5.75 Å². The van der Waals surface area contributed by atoms with Gasteiger partial charge in [0, 0.05) is 0 Å². The lowest BCUT2D eigenvalue weighted by Gasteiger charge is -2.20. The maximum Gasteiger partial charge on any atom is 0.129 e. The van der Waals surface area contributed by atoms with Crippen LogP contribution in [0.4, 0.5) is 0 Å². The molecule has 17 heavy (non-hydrogen) atoms. The van der Waals surface area contributed by atoms with Crippen LogP contribution in [-0.4, -0.2) is 0 Å². The third-order valence-corrected chi connectivity index (χ3v) is 4.39. The van der Waals surface area contributed by atoms with Gasteiger partial charge in [-0.3, -0.25) is 0 Å². The third-order valence-electron chi connectivity index (χ3n) is 4.16. The molecule has 0 aliphatic heterocycles. The molecule has 1 saturated carbocycles. The van der Waals surface area contributed by atoms with Gasteiger partial charge in [0.2, 0.25) is 0 Å². The molecule has 94 valence electrons. The summed E-state index contributed by atoms with van der Waals surface area (Å²) >= 11 is 0. The second-order valence-electron chi connectivity index (χ2n) is 5.32. The van der Waals surface area contributed by atoms with Crippen molar-refractivity contribution >= 4 is 9.47 Å². The molecule has 3 unspecified atom stereocenters. The van der Waals surface area contributed by atoms with E-state index in [1.54, 1.807) is 0 Å². The Labute approximate surface area is 107 Å². The molecular weight excluding hydrogens is 227 g/mol. The molecule has 1 fully saturated rings. The van der Waals surface area contributed by atoms with Crippen LogP contribution in [0.1, 0.15) is 63.0 Å². The average Bonchev–Trinajstić information content (AvgIpc) is 3.20. The van der Waals surface area contributed by atoms with Gasteiger partial charge in [-0.1, -0.05) is 39.0 Å². The van der Waals surface area contributed by atoms with E-state index in [-0.39, 0.29) is 0 Å². The largest absolute Gasteiger partial charge is 0.480 e. The predicted molar refractivity (Wildman–Crippen MR) is 76.6 cm³/mol. The normalized spacial score (nSPS) is 18.8. The van der Waals surface area contributed by atoms with Gasteiger partial charge in [0.1, 0.15) is 5.75 Å². The molecule has 1 aromatic carbocycles. The highest BCUT2D eigenvalue weighted by Gasteiger charge is 2.31. The summed E-state index contributed by atoms with van der Waals surface area (Å²) in [5.41, 5.74) is 2.74. The zero-order valence-electron chi connectivity index (χ0n) is 11.1. The lowest BCUT2D eigenvalue weighted by molar-refractivity contribution is 0.571. The molecule has 2 rings (SSSR count). The van der Waals surface area contributed by atoms with Crippen LogP contribution >= 0.6 is 9.47 Å². The van der Waals surface area contributed by atoms with E-state index in [1.807, 2.05) is 0 Å². The minimum atomic E-state index is 0.567. The van der Waals surface area contributed by atoms with Crippen LogP contribution in [0, 0.1) is 5.92 Å². The molecular formula is C15H23OP. The standard InChI is InChI=1S/C15H23OP/c1-4-10(2)13-6-5-7-14(15(13)16-17)11(3)12-8-9-12/h5-7,10-12H,4,8-9,17H2,1-3H3. The van der Waals surface area contributed by atoms with Crippen molar-refractivity contribution in [1.29, 1.82) is 0 Å². The van der Waals surface area contributed by atoms with Crippen LogP contribution < -0.4 is 4.52 Å². The first-order chi connectivity index (χ1) is 8.19. The molecule has 1 aromatic rings. The average molecular weight is 250 g/mol. The van der Waals surface area contributed by atoms with Crippen molar-refractivity contribution in [2.24, 2.45) is 5.92 Å². The van der Waals surface area contributed by atoms with Gasteiger partial charge in [-0.05, 0) is 48.1 Å². The Morgan fingerprint density at radius 3 is 2.47 bits per heavy atom. The number of rotatable bonds is 5. The Balaban J connectivity index is 2.37. The van der Waals surface area contributed by atoms with Crippen LogP contribution in [0.25, 0.3) is 0 Å². The van der Waals surface area contributed by atoms with Crippen molar-refractivity contribution in [3.8, 4) is 5.75 Å². The molecule has 0 spiro atoms. The highest BCUT2D eigenvalue weighted by atomic mass is 31.0. The molecule has 3 atom stereocenters. The maximum absolute atomic E-state index is 5.62. The Bertz CT molecular complexity index is 385. The van der Waals surface area contributed by atoms with E-state index < -0.39 is 0 Å². The van der Waals surface area contributed by atoms with Crippen LogP contribution in [0.3, 0.4) is 0 Å². The SMILES string of the molecule is CCC(C)c1cccc(C(C)C2CC2)c1OP. The fourth-order valence-electron chi connectivity index (χ4n) is 2.53. The lowest BCUT2D eigenvalue weighted by Crippen LogP contribution is -2.02. The smallest absolute Gasteiger partial charge is 0.129 e. The minimum Gasteiger partial charge on any atom is -0.480 e. The van der Waals surface area contributed by atoms with E-state index in [0.29, 0.717) is 11.8 Å². The molecule has 0 bridgehead atoms. The second-order valence-corrected chi connectivity index (χ2v) is 5.55. The lowest BCUT2D eigenvalue weighted by atomic mass is 9.89.